The number of carbonyl (C=O) groups excluding carboxylic acids is 1. The highest BCUT2D eigenvalue weighted by Crippen LogP contribution is 2.44. The first-order chi connectivity index (χ1) is 25.5. The van der Waals surface area contributed by atoms with Gasteiger partial charge in [0.1, 0.15) is 30.7 Å². The van der Waals surface area contributed by atoms with Crippen molar-refractivity contribution >= 4 is 33.7 Å². The van der Waals surface area contributed by atoms with Crippen molar-refractivity contribution in [2.24, 2.45) is 0 Å². The fourth-order valence-electron chi connectivity index (χ4n) is 7.21. The van der Waals surface area contributed by atoms with E-state index < -0.39 is 21.7 Å². The van der Waals surface area contributed by atoms with Gasteiger partial charge in [0, 0.05) is 88.7 Å². The van der Waals surface area contributed by atoms with E-state index in [9.17, 15) is 9.59 Å². The van der Waals surface area contributed by atoms with Crippen LogP contribution in [0.4, 0.5) is 10.6 Å². The molecule has 12 nitrogen and oxygen atoms in total. The van der Waals surface area contributed by atoms with E-state index in [0.29, 0.717) is 38.1 Å². The topological polar surface area (TPSA) is 116 Å². The van der Waals surface area contributed by atoms with Crippen molar-refractivity contribution in [3.05, 3.63) is 71.0 Å². The van der Waals surface area contributed by atoms with Crippen LogP contribution in [0.5, 0.6) is 0 Å². The SMILES string of the molecule is CC(C)(C)OC(=O)N1[C@@H]2CC[C@H]1C[C@@H](c1cc(N(COCC[Si](C)(C)C)COCC[Si](C)(C)C)n3ncc(-c4ccc(-n5ccccc5=O)nc4)c3n1)C2. The van der Waals surface area contributed by atoms with Gasteiger partial charge in [-0.2, -0.15) is 9.61 Å². The van der Waals surface area contributed by atoms with Crippen molar-refractivity contribution in [2.45, 2.75) is 121 Å². The van der Waals surface area contributed by atoms with E-state index in [1.54, 1.807) is 18.5 Å². The van der Waals surface area contributed by atoms with Crippen LogP contribution in [0, 0.1) is 0 Å². The molecule has 292 valence electrons. The maximum atomic E-state index is 13.3. The normalized spacial score (nSPS) is 19.1. The largest absolute Gasteiger partial charge is 0.444 e. The van der Waals surface area contributed by atoms with Crippen molar-refractivity contribution in [2.75, 3.05) is 31.6 Å². The quantitative estimate of drug-likeness (QED) is 0.0714. The Morgan fingerprint density at radius 3 is 2.11 bits per heavy atom. The van der Waals surface area contributed by atoms with Gasteiger partial charge in [-0.15, -0.1) is 0 Å². The van der Waals surface area contributed by atoms with Crippen molar-refractivity contribution in [1.82, 2.24) is 29.0 Å². The molecular weight excluding hydrogens is 715 g/mol. The minimum Gasteiger partial charge on any atom is -0.444 e. The first-order valence-corrected chi connectivity index (χ1v) is 26.8. The number of piperidine rings is 1. The highest BCUT2D eigenvalue weighted by atomic mass is 28.3. The predicted molar refractivity (Wildman–Crippen MR) is 219 cm³/mol. The summed E-state index contributed by atoms with van der Waals surface area (Å²) in [6.45, 7) is 22.0. The second kappa shape index (κ2) is 16.1. The van der Waals surface area contributed by atoms with Gasteiger partial charge in [0.15, 0.2) is 5.65 Å². The number of carbonyl (C=O) groups is 1. The minimum absolute atomic E-state index is 0.0958. The van der Waals surface area contributed by atoms with Gasteiger partial charge in [-0.25, -0.2) is 14.8 Å². The lowest BCUT2D eigenvalue weighted by atomic mass is 9.88. The zero-order chi connectivity index (χ0) is 38.8. The zero-order valence-corrected chi connectivity index (χ0v) is 35.7. The lowest BCUT2D eigenvalue weighted by molar-refractivity contribution is 0.00569. The molecule has 2 fully saturated rings. The van der Waals surface area contributed by atoms with Gasteiger partial charge in [-0.1, -0.05) is 45.3 Å². The van der Waals surface area contributed by atoms with Gasteiger partial charge in [0.05, 0.1) is 6.20 Å². The fourth-order valence-corrected chi connectivity index (χ4v) is 8.73. The van der Waals surface area contributed by atoms with Crippen LogP contribution in [0.2, 0.25) is 51.4 Å². The number of hydrogen-bond donors (Lipinski definition) is 0. The van der Waals surface area contributed by atoms with Crippen LogP contribution in [0.25, 0.3) is 22.6 Å². The molecule has 0 N–H and O–H groups in total. The molecule has 2 bridgehead atoms. The maximum absolute atomic E-state index is 13.3. The smallest absolute Gasteiger partial charge is 0.410 e. The number of rotatable bonds is 14. The molecule has 0 aromatic carbocycles. The predicted octanol–water partition coefficient (Wildman–Crippen LogP) is 8.02. The molecule has 2 saturated heterocycles. The van der Waals surface area contributed by atoms with E-state index in [-0.39, 0.29) is 29.7 Å². The van der Waals surface area contributed by atoms with Crippen LogP contribution in [0.15, 0.2) is 59.8 Å². The first kappa shape index (κ1) is 39.8. The maximum Gasteiger partial charge on any atom is 0.410 e. The third kappa shape index (κ3) is 9.87. The third-order valence-corrected chi connectivity index (χ3v) is 13.6. The van der Waals surface area contributed by atoms with Crippen molar-refractivity contribution in [3.63, 3.8) is 0 Å². The highest BCUT2D eigenvalue weighted by molar-refractivity contribution is 6.76. The summed E-state index contributed by atoms with van der Waals surface area (Å²) >= 11 is 0. The first-order valence-electron chi connectivity index (χ1n) is 19.4. The Kier molecular flexibility index (Phi) is 11.9. The molecule has 0 spiro atoms. The molecule has 0 radical (unpaired) electrons. The summed E-state index contributed by atoms with van der Waals surface area (Å²) in [6.07, 6.45) is 8.64. The fraction of sp³-hybridized carbons (Fsp3) is 0.575. The van der Waals surface area contributed by atoms with Crippen LogP contribution in [0.3, 0.4) is 0 Å². The molecule has 3 atom stereocenters. The zero-order valence-electron chi connectivity index (χ0n) is 33.7. The number of nitrogens with zero attached hydrogens (tertiary/aromatic N) is 7. The summed E-state index contributed by atoms with van der Waals surface area (Å²) in [6, 6.07) is 13.3. The van der Waals surface area contributed by atoms with E-state index in [1.165, 1.54) is 10.6 Å². The third-order valence-electron chi connectivity index (χ3n) is 10.2. The van der Waals surface area contributed by atoms with Crippen molar-refractivity contribution < 1.29 is 19.0 Å². The summed E-state index contributed by atoms with van der Waals surface area (Å²) in [5.41, 5.74) is 2.67. The summed E-state index contributed by atoms with van der Waals surface area (Å²) in [4.78, 5) is 40.0. The number of fused-ring (bicyclic) bond motifs is 3. The standard InChI is InChI=1S/C40H59N7O5Si2/c1-40(2,3)52-39(49)46-31-14-15-32(46)23-30(22-31)34-24-36(44(27-50-18-20-53(4,5)6)28-51-19-21-54(7,8)9)47-38(43-34)33(26-42-47)29-13-16-35(41-25-29)45-17-11-10-12-37(45)48/h10-13,16-17,24-26,30-32H,14-15,18-23,27-28H2,1-9H3/t30-,31+,32-. The number of aromatic nitrogens is 5. The molecule has 2 aliphatic heterocycles. The molecule has 14 heteroatoms. The number of ether oxygens (including phenoxy) is 3. The number of pyridine rings is 2. The van der Waals surface area contributed by atoms with Crippen molar-refractivity contribution in [3.8, 4) is 16.9 Å². The molecule has 0 unspecified atom stereocenters. The van der Waals surface area contributed by atoms with E-state index in [4.69, 9.17) is 24.3 Å². The summed E-state index contributed by atoms with van der Waals surface area (Å²) in [7, 11) is -2.59. The average molecular weight is 774 g/mol. The molecule has 2 aliphatic rings. The summed E-state index contributed by atoms with van der Waals surface area (Å²) in [5, 5.41) is 4.91. The molecule has 6 heterocycles. The van der Waals surface area contributed by atoms with E-state index in [1.807, 2.05) is 54.6 Å². The lowest BCUT2D eigenvalue weighted by Gasteiger charge is -2.39. The van der Waals surface area contributed by atoms with Gasteiger partial charge in [-0.05, 0) is 76.7 Å². The summed E-state index contributed by atoms with van der Waals surface area (Å²) in [5.74, 6) is 1.53. The Labute approximate surface area is 321 Å². The minimum atomic E-state index is -1.29. The Morgan fingerprint density at radius 2 is 1.56 bits per heavy atom. The molecule has 54 heavy (non-hydrogen) atoms. The Morgan fingerprint density at radius 1 is 0.907 bits per heavy atom. The molecule has 4 aromatic heterocycles. The van der Waals surface area contributed by atoms with Gasteiger partial charge in [0.25, 0.3) is 5.56 Å². The van der Waals surface area contributed by atoms with Crippen LogP contribution >= 0.6 is 0 Å². The van der Waals surface area contributed by atoms with Crippen molar-refractivity contribution in [1.29, 1.82) is 0 Å². The van der Waals surface area contributed by atoms with E-state index in [0.717, 1.165) is 60.4 Å². The molecule has 0 saturated carbocycles. The van der Waals surface area contributed by atoms with Gasteiger partial charge in [0.2, 0.25) is 0 Å². The molecular formula is C40H59N7O5Si2. The van der Waals surface area contributed by atoms with Crippen LogP contribution in [-0.2, 0) is 14.2 Å². The molecule has 6 rings (SSSR count). The van der Waals surface area contributed by atoms with Crippen LogP contribution in [-0.4, -0.2) is 95.7 Å². The molecule has 4 aromatic rings. The van der Waals surface area contributed by atoms with E-state index in [2.05, 4.69) is 55.2 Å². The average Bonchev–Trinajstić information content (AvgIpc) is 3.63. The van der Waals surface area contributed by atoms with Gasteiger partial charge < -0.3 is 24.0 Å². The Bertz CT molecular complexity index is 1930. The summed E-state index contributed by atoms with van der Waals surface area (Å²) < 4.78 is 22.0. The lowest BCUT2D eigenvalue weighted by Crippen LogP contribution is -2.48. The highest BCUT2D eigenvalue weighted by Gasteiger charge is 2.45. The van der Waals surface area contributed by atoms with Gasteiger partial charge in [-0.3, -0.25) is 9.36 Å². The Balaban J connectivity index is 1.37. The van der Waals surface area contributed by atoms with E-state index >= 15 is 0 Å². The van der Waals surface area contributed by atoms with Gasteiger partial charge >= 0.3 is 6.09 Å². The Hall–Kier alpha value is -3.86. The second-order valence-corrected chi connectivity index (χ2v) is 29.6. The molecule has 1 amide bonds. The van der Waals surface area contributed by atoms with Crippen LogP contribution < -0.4 is 10.5 Å². The monoisotopic (exact) mass is 773 g/mol. The molecule has 0 aliphatic carbocycles. The number of anilines is 1. The number of amides is 1. The van der Waals surface area contributed by atoms with Crippen LogP contribution in [0.1, 0.15) is 58.1 Å². The second-order valence-electron chi connectivity index (χ2n) is 18.3. The number of hydrogen-bond acceptors (Lipinski definition) is 9.